The topological polar surface area (TPSA) is 9.23 Å². The average Bonchev–Trinajstić information content (AvgIpc) is 2.80. The highest BCUT2D eigenvalue weighted by Crippen LogP contribution is 2.28. The molecule has 0 aliphatic heterocycles. The maximum atomic E-state index is 13.4. The second kappa shape index (κ2) is 4.97. The molecule has 0 saturated heterocycles. The summed E-state index contributed by atoms with van der Waals surface area (Å²) in [7, 11) is 0. The summed E-state index contributed by atoms with van der Waals surface area (Å²) in [5, 5.41) is 2.85. The molecule has 96 valence electrons. The van der Waals surface area contributed by atoms with E-state index < -0.39 is 0 Å². The number of thiophene rings is 1. The van der Waals surface area contributed by atoms with E-state index in [2.05, 4.69) is 0 Å². The summed E-state index contributed by atoms with van der Waals surface area (Å²) in [6, 6.07) is 10.9. The number of para-hydroxylation sites is 1. The number of hydrogen-bond donors (Lipinski definition) is 0. The average molecular weight is 276 g/mol. The molecule has 1 nitrogen and oxygen atoms in total. The van der Waals surface area contributed by atoms with E-state index in [1.54, 1.807) is 24.3 Å². The predicted molar refractivity (Wildman–Crippen MR) is 72.5 cm³/mol. The van der Waals surface area contributed by atoms with Crippen molar-refractivity contribution in [2.75, 3.05) is 0 Å². The summed E-state index contributed by atoms with van der Waals surface area (Å²) >= 11 is 1.45. The maximum absolute atomic E-state index is 13.4. The Morgan fingerprint density at radius 2 is 1.89 bits per heavy atom. The lowest BCUT2D eigenvalue weighted by molar-refractivity contribution is 0.292. The van der Waals surface area contributed by atoms with Gasteiger partial charge in [0.25, 0.3) is 0 Å². The molecule has 0 unspecified atom stereocenters. The molecule has 0 amide bonds. The molecule has 0 radical (unpaired) electrons. The van der Waals surface area contributed by atoms with Crippen molar-refractivity contribution in [3.05, 3.63) is 65.0 Å². The fourth-order valence-electron chi connectivity index (χ4n) is 1.89. The predicted octanol–water partition coefficient (Wildman–Crippen LogP) is 4.76. The third-order valence-electron chi connectivity index (χ3n) is 2.84. The van der Waals surface area contributed by atoms with Crippen molar-refractivity contribution in [3.8, 4) is 5.75 Å². The van der Waals surface area contributed by atoms with E-state index in [1.165, 1.54) is 29.5 Å². The zero-order valence-electron chi connectivity index (χ0n) is 9.90. The summed E-state index contributed by atoms with van der Waals surface area (Å²) in [5.74, 6) is -0.409. The molecule has 2 aromatic carbocycles. The van der Waals surface area contributed by atoms with Gasteiger partial charge in [-0.25, -0.2) is 8.78 Å². The molecule has 3 aromatic rings. The molecule has 0 fully saturated rings. The first-order valence-corrected chi connectivity index (χ1v) is 6.65. The second-order valence-electron chi connectivity index (χ2n) is 4.12. The van der Waals surface area contributed by atoms with E-state index in [0.29, 0.717) is 0 Å². The molecule has 0 saturated carbocycles. The number of fused-ring (bicyclic) bond motifs is 1. The van der Waals surface area contributed by atoms with Crippen LogP contribution in [0, 0.1) is 11.6 Å². The van der Waals surface area contributed by atoms with Crippen molar-refractivity contribution >= 4 is 21.4 Å². The fourth-order valence-corrected chi connectivity index (χ4v) is 2.86. The van der Waals surface area contributed by atoms with Crippen molar-refractivity contribution in [2.24, 2.45) is 0 Å². The number of halogens is 2. The summed E-state index contributed by atoms with van der Waals surface area (Å²) in [4.78, 5) is 0. The van der Waals surface area contributed by atoms with Gasteiger partial charge in [-0.2, -0.15) is 0 Å². The molecule has 0 N–H and O–H groups in total. The van der Waals surface area contributed by atoms with Crippen LogP contribution in [-0.4, -0.2) is 0 Å². The zero-order valence-corrected chi connectivity index (χ0v) is 10.7. The molecule has 0 bridgehead atoms. The molecule has 4 heteroatoms. The van der Waals surface area contributed by atoms with Crippen LogP contribution in [-0.2, 0) is 6.61 Å². The smallest absolute Gasteiger partial charge is 0.165 e. The van der Waals surface area contributed by atoms with Gasteiger partial charge in [0.15, 0.2) is 11.6 Å². The molecule has 1 heterocycles. The van der Waals surface area contributed by atoms with Crippen LogP contribution in [0.5, 0.6) is 5.75 Å². The van der Waals surface area contributed by atoms with E-state index in [0.717, 1.165) is 15.6 Å². The third kappa shape index (κ3) is 2.44. The van der Waals surface area contributed by atoms with Crippen LogP contribution >= 0.6 is 11.3 Å². The van der Waals surface area contributed by atoms with Gasteiger partial charge in [0.05, 0.1) is 0 Å². The molecule has 0 aliphatic carbocycles. The van der Waals surface area contributed by atoms with Crippen LogP contribution in [0.4, 0.5) is 8.78 Å². The van der Waals surface area contributed by atoms with Crippen molar-refractivity contribution in [1.29, 1.82) is 0 Å². The minimum atomic E-state index is -0.381. The normalized spacial score (nSPS) is 10.8. The van der Waals surface area contributed by atoms with Crippen LogP contribution in [0.2, 0.25) is 0 Å². The monoisotopic (exact) mass is 276 g/mol. The first kappa shape index (κ1) is 12.1. The van der Waals surface area contributed by atoms with Gasteiger partial charge in [-0.1, -0.05) is 18.2 Å². The lowest BCUT2D eigenvalue weighted by atomic mass is 10.2. The first-order chi connectivity index (χ1) is 9.24. The number of hydrogen-bond acceptors (Lipinski definition) is 2. The number of rotatable bonds is 3. The highest BCUT2D eigenvalue weighted by atomic mass is 32.1. The minimum absolute atomic E-state index is 0.226. The van der Waals surface area contributed by atoms with Gasteiger partial charge in [0.1, 0.15) is 12.4 Å². The Bertz CT molecular complexity index is 721. The summed E-state index contributed by atoms with van der Waals surface area (Å²) in [6.07, 6.45) is 0. The van der Waals surface area contributed by atoms with Crippen LogP contribution < -0.4 is 4.74 Å². The molecule has 0 spiro atoms. The fraction of sp³-hybridized carbons (Fsp3) is 0.0667. The molecule has 19 heavy (non-hydrogen) atoms. The molecule has 0 atom stereocenters. The highest BCUT2D eigenvalue weighted by Gasteiger charge is 2.07. The molecule has 1 aromatic heterocycles. The van der Waals surface area contributed by atoms with Gasteiger partial charge in [0, 0.05) is 10.3 Å². The van der Waals surface area contributed by atoms with Gasteiger partial charge < -0.3 is 4.74 Å². The van der Waals surface area contributed by atoms with Gasteiger partial charge in [-0.15, -0.1) is 11.3 Å². The van der Waals surface area contributed by atoms with E-state index >= 15 is 0 Å². The van der Waals surface area contributed by atoms with Gasteiger partial charge >= 0.3 is 0 Å². The van der Waals surface area contributed by atoms with E-state index in [9.17, 15) is 8.78 Å². The van der Waals surface area contributed by atoms with Gasteiger partial charge in [0.2, 0.25) is 0 Å². The van der Waals surface area contributed by atoms with Crippen molar-refractivity contribution in [1.82, 2.24) is 0 Å². The number of ether oxygens (including phenoxy) is 1. The first-order valence-electron chi connectivity index (χ1n) is 5.77. The van der Waals surface area contributed by atoms with Crippen LogP contribution in [0.1, 0.15) is 5.56 Å². The van der Waals surface area contributed by atoms with E-state index in [4.69, 9.17) is 4.74 Å². The summed E-state index contributed by atoms with van der Waals surface area (Å²) in [6.45, 7) is 0.270. The van der Waals surface area contributed by atoms with Crippen LogP contribution in [0.25, 0.3) is 10.1 Å². The largest absolute Gasteiger partial charge is 0.486 e. The summed E-state index contributed by atoms with van der Waals surface area (Å²) < 4.78 is 32.8. The lowest BCUT2D eigenvalue weighted by Gasteiger charge is -2.06. The molecule has 0 aliphatic rings. The zero-order chi connectivity index (χ0) is 13.2. The Morgan fingerprint density at radius 1 is 1.05 bits per heavy atom. The second-order valence-corrected chi connectivity index (χ2v) is 5.03. The van der Waals surface area contributed by atoms with Crippen molar-refractivity contribution in [2.45, 2.75) is 6.61 Å². The van der Waals surface area contributed by atoms with Crippen LogP contribution in [0.3, 0.4) is 0 Å². The van der Waals surface area contributed by atoms with Gasteiger partial charge in [-0.05, 0) is 35.0 Å². The summed E-state index contributed by atoms with van der Waals surface area (Å²) in [5.41, 5.74) is 0.934. The Labute approximate surface area is 113 Å². The molecular weight excluding hydrogens is 266 g/mol. The Morgan fingerprint density at radius 3 is 2.74 bits per heavy atom. The van der Waals surface area contributed by atoms with E-state index in [-0.39, 0.29) is 24.0 Å². The minimum Gasteiger partial charge on any atom is -0.486 e. The molecule has 3 rings (SSSR count). The van der Waals surface area contributed by atoms with Gasteiger partial charge in [-0.3, -0.25) is 0 Å². The van der Waals surface area contributed by atoms with Crippen molar-refractivity contribution in [3.63, 3.8) is 0 Å². The Balaban J connectivity index is 1.84. The Hall–Kier alpha value is -1.94. The number of benzene rings is 2. The quantitative estimate of drug-likeness (QED) is 0.670. The maximum Gasteiger partial charge on any atom is 0.165 e. The third-order valence-corrected chi connectivity index (χ3v) is 3.83. The highest BCUT2D eigenvalue weighted by molar-refractivity contribution is 7.17. The van der Waals surface area contributed by atoms with Crippen molar-refractivity contribution < 1.29 is 13.5 Å². The lowest BCUT2D eigenvalue weighted by Crippen LogP contribution is -1.96. The standard InChI is InChI=1S/C15H10F2OS/c16-11-5-6-12-10(9-19-15(12)7-11)8-18-14-4-2-1-3-13(14)17/h1-7,9H,8H2. The van der Waals surface area contributed by atoms with E-state index in [1.807, 2.05) is 5.38 Å². The van der Waals surface area contributed by atoms with Crippen LogP contribution in [0.15, 0.2) is 47.8 Å². The SMILES string of the molecule is Fc1ccc2c(COc3ccccc3F)csc2c1. The Kier molecular flexibility index (Phi) is 3.17. The molecular formula is C15H10F2OS.